The molecule has 0 aromatic heterocycles. The van der Waals surface area contributed by atoms with Crippen LogP contribution in [0.15, 0.2) is 12.1 Å². The predicted octanol–water partition coefficient (Wildman–Crippen LogP) is 2.46. The van der Waals surface area contributed by atoms with Crippen molar-refractivity contribution in [1.82, 2.24) is 10.2 Å². The monoisotopic (exact) mass is 326 g/mol. The summed E-state index contributed by atoms with van der Waals surface area (Å²) in [5.74, 6) is 1.47. The molecule has 0 unspecified atom stereocenters. The van der Waals surface area contributed by atoms with Crippen molar-refractivity contribution in [2.75, 3.05) is 33.9 Å². The minimum Gasteiger partial charge on any atom is -0.493 e. The average Bonchev–Trinajstić information content (AvgIpc) is 2.91. The fourth-order valence-electron chi connectivity index (χ4n) is 2.64. The molecular formula is C16H23ClN2O3. The Bertz CT molecular complexity index is 522. The van der Waals surface area contributed by atoms with Crippen LogP contribution in [0.5, 0.6) is 11.5 Å². The van der Waals surface area contributed by atoms with Gasteiger partial charge in [0.25, 0.3) is 0 Å². The van der Waals surface area contributed by atoms with Crippen molar-refractivity contribution in [2.45, 2.75) is 25.8 Å². The van der Waals surface area contributed by atoms with Gasteiger partial charge in [-0.15, -0.1) is 0 Å². The Morgan fingerprint density at radius 2 is 2.14 bits per heavy atom. The zero-order chi connectivity index (χ0) is 15.9. The predicted molar refractivity (Wildman–Crippen MR) is 86.7 cm³/mol. The van der Waals surface area contributed by atoms with Crippen molar-refractivity contribution in [1.29, 1.82) is 0 Å². The fraction of sp³-hybridized carbons (Fsp3) is 0.562. The number of benzene rings is 1. The molecule has 1 heterocycles. The zero-order valence-electron chi connectivity index (χ0n) is 13.2. The third-order valence-electron chi connectivity index (χ3n) is 3.78. The number of nitrogens with one attached hydrogen (secondary N) is 1. The van der Waals surface area contributed by atoms with Crippen molar-refractivity contribution in [2.24, 2.45) is 0 Å². The number of halogens is 1. The molecule has 5 nitrogen and oxygen atoms in total. The number of carbonyl (C=O) groups is 1. The van der Waals surface area contributed by atoms with Crippen LogP contribution in [-0.2, 0) is 11.3 Å². The van der Waals surface area contributed by atoms with Crippen LogP contribution in [0.3, 0.4) is 0 Å². The van der Waals surface area contributed by atoms with E-state index < -0.39 is 0 Å². The molecule has 2 rings (SSSR count). The summed E-state index contributed by atoms with van der Waals surface area (Å²) < 4.78 is 10.5. The second-order valence-corrected chi connectivity index (χ2v) is 5.74. The smallest absolute Gasteiger partial charge is 0.222 e. The van der Waals surface area contributed by atoms with Crippen molar-refractivity contribution >= 4 is 17.5 Å². The first-order valence-electron chi connectivity index (χ1n) is 7.54. The van der Waals surface area contributed by atoms with E-state index in [9.17, 15) is 4.79 Å². The zero-order valence-corrected chi connectivity index (χ0v) is 13.9. The number of ether oxygens (including phenoxy) is 2. The number of hydrogen-bond acceptors (Lipinski definition) is 4. The van der Waals surface area contributed by atoms with Crippen LogP contribution in [0.1, 0.15) is 24.8 Å². The Morgan fingerprint density at radius 1 is 1.32 bits per heavy atom. The van der Waals surface area contributed by atoms with Crippen LogP contribution in [0, 0.1) is 0 Å². The molecule has 1 amide bonds. The molecule has 0 atom stereocenters. The molecule has 1 saturated heterocycles. The first-order valence-corrected chi connectivity index (χ1v) is 7.92. The van der Waals surface area contributed by atoms with Gasteiger partial charge in [-0.2, -0.15) is 0 Å². The molecule has 0 spiro atoms. The highest BCUT2D eigenvalue weighted by atomic mass is 35.5. The molecule has 122 valence electrons. The van der Waals surface area contributed by atoms with Crippen LogP contribution in [0.2, 0.25) is 5.02 Å². The Morgan fingerprint density at radius 3 is 2.77 bits per heavy atom. The molecule has 1 fully saturated rings. The van der Waals surface area contributed by atoms with Crippen LogP contribution in [0.25, 0.3) is 0 Å². The van der Waals surface area contributed by atoms with Gasteiger partial charge >= 0.3 is 0 Å². The highest BCUT2D eigenvalue weighted by molar-refractivity contribution is 6.32. The molecule has 0 radical (unpaired) electrons. The lowest BCUT2D eigenvalue weighted by molar-refractivity contribution is -0.127. The van der Waals surface area contributed by atoms with Crippen LogP contribution in [0.4, 0.5) is 0 Å². The van der Waals surface area contributed by atoms with E-state index in [0.29, 0.717) is 29.5 Å². The number of hydrogen-bond donors (Lipinski definition) is 1. The van der Waals surface area contributed by atoms with Gasteiger partial charge in [-0.25, -0.2) is 0 Å². The quantitative estimate of drug-likeness (QED) is 0.746. The van der Waals surface area contributed by atoms with Gasteiger partial charge in [-0.1, -0.05) is 11.6 Å². The summed E-state index contributed by atoms with van der Waals surface area (Å²) in [6.45, 7) is 3.30. The Labute approximate surface area is 136 Å². The first-order chi connectivity index (χ1) is 10.7. The Kier molecular flexibility index (Phi) is 6.34. The molecule has 1 aliphatic heterocycles. The summed E-state index contributed by atoms with van der Waals surface area (Å²) in [5.41, 5.74) is 1.04. The second kappa shape index (κ2) is 8.25. The van der Waals surface area contributed by atoms with Crippen molar-refractivity contribution in [3.8, 4) is 11.5 Å². The third kappa shape index (κ3) is 4.27. The van der Waals surface area contributed by atoms with Gasteiger partial charge in [0.15, 0.2) is 11.5 Å². The van der Waals surface area contributed by atoms with Gasteiger partial charge < -0.3 is 19.7 Å². The van der Waals surface area contributed by atoms with Crippen molar-refractivity contribution in [3.05, 3.63) is 22.7 Å². The summed E-state index contributed by atoms with van der Waals surface area (Å²) in [6.07, 6.45) is 2.65. The molecule has 0 saturated carbocycles. The third-order valence-corrected chi connectivity index (χ3v) is 4.06. The summed E-state index contributed by atoms with van der Waals surface area (Å²) in [4.78, 5) is 13.4. The highest BCUT2D eigenvalue weighted by Gasteiger charge is 2.18. The second-order valence-electron chi connectivity index (χ2n) is 5.33. The van der Waals surface area contributed by atoms with Gasteiger partial charge in [-0.3, -0.25) is 4.79 Å². The van der Waals surface area contributed by atoms with E-state index in [1.807, 2.05) is 17.0 Å². The number of methoxy groups -OCH3 is 2. The molecule has 1 N–H and O–H groups in total. The molecule has 1 aliphatic rings. The van der Waals surface area contributed by atoms with E-state index in [1.165, 1.54) is 0 Å². The van der Waals surface area contributed by atoms with Gasteiger partial charge in [0, 0.05) is 26.1 Å². The number of nitrogens with zero attached hydrogens (tertiary/aromatic N) is 1. The van der Waals surface area contributed by atoms with Crippen LogP contribution in [-0.4, -0.2) is 44.7 Å². The average molecular weight is 327 g/mol. The molecule has 0 aliphatic carbocycles. The van der Waals surface area contributed by atoms with Crippen molar-refractivity contribution < 1.29 is 14.3 Å². The van der Waals surface area contributed by atoms with Gasteiger partial charge in [0.05, 0.1) is 19.2 Å². The van der Waals surface area contributed by atoms with Gasteiger partial charge in [-0.05, 0) is 37.1 Å². The summed E-state index contributed by atoms with van der Waals surface area (Å²) >= 11 is 6.18. The number of rotatable bonds is 8. The van der Waals surface area contributed by atoms with Gasteiger partial charge in [0.2, 0.25) is 5.91 Å². The molecular weight excluding hydrogens is 304 g/mol. The minimum absolute atomic E-state index is 0.284. The van der Waals surface area contributed by atoms with Gasteiger partial charge in [0.1, 0.15) is 0 Å². The lowest BCUT2D eigenvalue weighted by atomic mass is 10.2. The molecule has 6 heteroatoms. The summed E-state index contributed by atoms with van der Waals surface area (Å²) in [7, 11) is 3.17. The maximum Gasteiger partial charge on any atom is 0.222 e. The maximum absolute atomic E-state index is 11.5. The molecule has 0 bridgehead atoms. The standard InChI is InChI=1S/C16H23ClN2O3/c1-21-14-10-12(9-13(17)16(14)22-2)11-18-6-4-8-19-7-3-5-15(19)20/h9-10,18H,3-8,11H2,1-2H3. The van der Waals surface area contributed by atoms with Crippen LogP contribution < -0.4 is 14.8 Å². The largest absolute Gasteiger partial charge is 0.493 e. The van der Waals surface area contributed by atoms with E-state index in [0.717, 1.165) is 38.0 Å². The number of amides is 1. The summed E-state index contributed by atoms with van der Waals surface area (Å²) in [5, 5.41) is 3.91. The SMILES string of the molecule is COc1cc(CNCCCN2CCCC2=O)cc(Cl)c1OC. The molecule has 1 aromatic carbocycles. The number of carbonyl (C=O) groups excluding carboxylic acids is 1. The normalized spacial score (nSPS) is 14.5. The number of likely N-dealkylation sites (tertiary alicyclic amines) is 1. The molecule has 1 aromatic rings. The van der Waals surface area contributed by atoms with E-state index in [4.69, 9.17) is 21.1 Å². The summed E-state index contributed by atoms with van der Waals surface area (Å²) in [6, 6.07) is 3.79. The van der Waals surface area contributed by atoms with Crippen molar-refractivity contribution in [3.63, 3.8) is 0 Å². The van der Waals surface area contributed by atoms with E-state index in [2.05, 4.69) is 5.32 Å². The Balaban J connectivity index is 1.77. The maximum atomic E-state index is 11.5. The first kappa shape index (κ1) is 16.9. The van der Waals surface area contributed by atoms with Crippen LogP contribution >= 0.6 is 11.6 Å². The topological polar surface area (TPSA) is 50.8 Å². The fourth-order valence-corrected chi connectivity index (χ4v) is 2.95. The lowest BCUT2D eigenvalue weighted by Gasteiger charge is -2.15. The lowest BCUT2D eigenvalue weighted by Crippen LogP contribution is -2.28. The molecule has 22 heavy (non-hydrogen) atoms. The Hall–Kier alpha value is -1.46. The highest BCUT2D eigenvalue weighted by Crippen LogP contribution is 2.35. The van der Waals surface area contributed by atoms with E-state index in [-0.39, 0.29) is 5.91 Å². The van der Waals surface area contributed by atoms with E-state index >= 15 is 0 Å². The van der Waals surface area contributed by atoms with E-state index in [1.54, 1.807) is 14.2 Å². The minimum atomic E-state index is 0.284.